The topological polar surface area (TPSA) is 42.4 Å². The number of aromatic nitrogens is 1. The third kappa shape index (κ3) is 3.82. The Hall–Kier alpha value is -2.24. The number of thiazole rings is 1. The molecule has 0 N–H and O–H groups in total. The van der Waals surface area contributed by atoms with Gasteiger partial charge in [-0.05, 0) is 56.9 Å². The van der Waals surface area contributed by atoms with Gasteiger partial charge in [-0.2, -0.15) is 0 Å². The van der Waals surface area contributed by atoms with Gasteiger partial charge in [0.15, 0.2) is 5.13 Å². The smallest absolute Gasteiger partial charge is 0.260 e. The first kappa shape index (κ1) is 19.1. The Morgan fingerprint density at radius 1 is 1.25 bits per heavy atom. The van der Waals surface area contributed by atoms with Crippen molar-refractivity contribution in [2.45, 2.75) is 46.1 Å². The summed E-state index contributed by atoms with van der Waals surface area (Å²) in [7, 11) is 0. The molecule has 0 bridgehead atoms. The van der Waals surface area contributed by atoms with Gasteiger partial charge in [-0.15, -0.1) is 0 Å². The molecule has 1 unspecified atom stereocenters. The van der Waals surface area contributed by atoms with Gasteiger partial charge in [0.1, 0.15) is 0 Å². The molecule has 1 aliphatic heterocycles. The maximum Gasteiger partial charge on any atom is 0.260 e. The third-order valence-electron chi connectivity index (χ3n) is 5.23. The van der Waals surface area contributed by atoms with Crippen LogP contribution in [0.1, 0.15) is 46.8 Å². The largest absolute Gasteiger partial charge is 0.376 e. The summed E-state index contributed by atoms with van der Waals surface area (Å²) in [5, 5.41) is 0.760. The Balaban J connectivity index is 1.75. The molecule has 0 spiro atoms. The minimum atomic E-state index is -0.000551. The highest BCUT2D eigenvalue weighted by Crippen LogP contribution is 2.33. The van der Waals surface area contributed by atoms with Crippen molar-refractivity contribution in [2.75, 3.05) is 18.1 Å². The molecule has 4 rings (SSSR count). The molecule has 1 aliphatic rings. The van der Waals surface area contributed by atoms with E-state index in [1.807, 2.05) is 30.9 Å². The number of anilines is 1. The highest BCUT2D eigenvalue weighted by Gasteiger charge is 2.27. The van der Waals surface area contributed by atoms with Crippen LogP contribution in [0, 0.1) is 13.8 Å². The van der Waals surface area contributed by atoms with Gasteiger partial charge in [-0.1, -0.05) is 47.6 Å². The Bertz CT molecular complexity index is 985. The molecule has 4 nitrogen and oxygen atoms in total. The summed E-state index contributed by atoms with van der Waals surface area (Å²) in [5.41, 5.74) is 5.13. The predicted molar refractivity (Wildman–Crippen MR) is 116 cm³/mol. The van der Waals surface area contributed by atoms with E-state index in [-0.39, 0.29) is 12.0 Å². The van der Waals surface area contributed by atoms with Crippen LogP contribution in [-0.2, 0) is 11.2 Å². The number of para-hydroxylation sites is 1. The number of carbonyl (C=O) groups excluding carboxylic acids is 1. The molecule has 1 amide bonds. The van der Waals surface area contributed by atoms with Crippen LogP contribution in [0.5, 0.6) is 0 Å². The van der Waals surface area contributed by atoms with Crippen molar-refractivity contribution in [3.63, 3.8) is 0 Å². The lowest BCUT2D eigenvalue weighted by atomic mass is 10.1. The lowest BCUT2D eigenvalue weighted by Gasteiger charge is -2.23. The van der Waals surface area contributed by atoms with Crippen molar-refractivity contribution >= 4 is 32.6 Å². The number of nitrogens with zero attached hydrogens (tertiary/aromatic N) is 2. The second-order valence-corrected chi connectivity index (χ2v) is 8.55. The summed E-state index contributed by atoms with van der Waals surface area (Å²) < 4.78 is 6.97. The number of hydrogen-bond acceptors (Lipinski definition) is 4. The van der Waals surface area contributed by atoms with E-state index in [1.165, 1.54) is 5.56 Å². The van der Waals surface area contributed by atoms with Gasteiger partial charge in [-0.3, -0.25) is 9.69 Å². The van der Waals surface area contributed by atoms with E-state index >= 15 is 0 Å². The summed E-state index contributed by atoms with van der Waals surface area (Å²) >= 11 is 1.59. The monoisotopic (exact) mass is 394 g/mol. The summed E-state index contributed by atoms with van der Waals surface area (Å²) in [5.74, 6) is -0.000551. The van der Waals surface area contributed by atoms with Gasteiger partial charge >= 0.3 is 0 Å². The van der Waals surface area contributed by atoms with E-state index in [2.05, 4.69) is 31.2 Å². The predicted octanol–water partition coefficient (Wildman–Crippen LogP) is 5.30. The van der Waals surface area contributed by atoms with Crippen molar-refractivity contribution < 1.29 is 9.53 Å². The van der Waals surface area contributed by atoms with Crippen LogP contribution in [0.15, 0.2) is 36.4 Å². The number of hydrogen-bond donors (Lipinski definition) is 0. The molecule has 1 atom stereocenters. The van der Waals surface area contributed by atoms with Crippen LogP contribution < -0.4 is 4.90 Å². The van der Waals surface area contributed by atoms with Crippen molar-refractivity contribution in [2.24, 2.45) is 0 Å². The molecule has 1 aromatic heterocycles. The first-order chi connectivity index (χ1) is 13.5. The first-order valence-corrected chi connectivity index (χ1v) is 10.8. The number of fused-ring (bicyclic) bond motifs is 1. The molecule has 1 fully saturated rings. The summed E-state index contributed by atoms with van der Waals surface area (Å²) in [6, 6.07) is 12.3. The minimum Gasteiger partial charge on any atom is -0.376 e. The molecule has 0 saturated carbocycles. The Morgan fingerprint density at radius 3 is 2.71 bits per heavy atom. The van der Waals surface area contributed by atoms with Crippen LogP contribution in [-0.4, -0.2) is 30.1 Å². The van der Waals surface area contributed by atoms with Crippen molar-refractivity contribution in [1.82, 2.24) is 4.98 Å². The zero-order chi connectivity index (χ0) is 19.7. The van der Waals surface area contributed by atoms with Gasteiger partial charge in [0.25, 0.3) is 5.91 Å². The van der Waals surface area contributed by atoms with E-state index in [4.69, 9.17) is 9.72 Å². The second-order valence-electron chi connectivity index (χ2n) is 7.54. The van der Waals surface area contributed by atoms with Gasteiger partial charge in [0.05, 0.1) is 22.9 Å². The highest BCUT2D eigenvalue weighted by molar-refractivity contribution is 7.22. The number of aryl methyl sites for hydroxylation is 3. The number of amides is 1. The molecule has 146 valence electrons. The number of rotatable bonds is 5. The molecule has 0 radical (unpaired) electrons. The fourth-order valence-corrected chi connectivity index (χ4v) is 4.91. The summed E-state index contributed by atoms with van der Waals surface area (Å²) in [4.78, 5) is 20.2. The lowest BCUT2D eigenvalue weighted by Crippen LogP contribution is -2.37. The molecule has 2 aromatic carbocycles. The average molecular weight is 395 g/mol. The van der Waals surface area contributed by atoms with Gasteiger partial charge in [0.2, 0.25) is 0 Å². The Morgan fingerprint density at radius 2 is 2.04 bits per heavy atom. The highest BCUT2D eigenvalue weighted by atomic mass is 32.1. The third-order valence-corrected chi connectivity index (χ3v) is 6.27. The molecule has 5 heteroatoms. The minimum absolute atomic E-state index is 0.000551. The number of benzene rings is 2. The Kier molecular flexibility index (Phi) is 5.47. The summed E-state index contributed by atoms with van der Waals surface area (Å²) in [6.45, 7) is 7.51. The van der Waals surface area contributed by atoms with Crippen molar-refractivity contribution in [3.8, 4) is 0 Å². The van der Waals surface area contributed by atoms with Crippen molar-refractivity contribution in [3.05, 3.63) is 58.7 Å². The van der Waals surface area contributed by atoms with E-state index in [0.29, 0.717) is 12.1 Å². The first-order valence-electron chi connectivity index (χ1n) is 9.95. The fraction of sp³-hybridized carbons (Fsp3) is 0.391. The maximum atomic E-state index is 13.5. The quantitative estimate of drug-likeness (QED) is 0.590. The fourth-order valence-electron chi connectivity index (χ4n) is 3.89. The Labute approximate surface area is 170 Å². The average Bonchev–Trinajstić information content (AvgIpc) is 3.33. The molecular weight excluding hydrogens is 368 g/mol. The molecule has 1 saturated heterocycles. The lowest BCUT2D eigenvalue weighted by molar-refractivity contribution is 0.0917. The molecule has 2 heterocycles. The molecular formula is C23H26N2O2S. The van der Waals surface area contributed by atoms with E-state index in [9.17, 15) is 4.79 Å². The van der Waals surface area contributed by atoms with Crippen molar-refractivity contribution in [1.29, 1.82) is 0 Å². The van der Waals surface area contributed by atoms with Crippen LogP contribution >= 0.6 is 11.3 Å². The van der Waals surface area contributed by atoms with Crippen LogP contribution in [0.25, 0.3) is 10.2 Å². The van der Waals surface area contributed by atoms with E-state index in [1.54, 1.807) is 11.3 Å². The second kappa shape index (κ2) is 8.02. The zero-order valence-electron chi connectivity index (χ0n) is 16.7. The zero-order valence-corrected chi connectivity index (χ0v) is 17.5. The standard InChI is InChI=1S/C23H26N2O2S/c1-4-17-7-5-9-20-21(17)24-23(28-20)25(14-19-8-6-10-27-19)22(26)18-12-15(2)11-16(3)13-18/h5,7,9,11-13,19H,4,6,8,10,14H2,1-3H3. The summed E-state index contributed by atoms with van der Waals surface area (Å²) in [6.07, 6.45) is 3.04. The van der Waals surface area contributed by atoms with Gasteiger partial charge in [0, 0.05) is 12.2 Å². The van der Waals surface area contributed by atoms with Crippen LogP contribution in [0.2, 0.25) is 0 Å². The SMILES string of the molecule is CCc1cccc2sc(N(CC3CCCO3)C(=O)c3cc(C)cc(C)c3)nc12. The van der Waals surface area contributed by atoms with Gasteiger partial charge < -0.3 is 4.74 Å². The van der Waals surface area contributed by atoms with Crippen LogP contribution in [0.3, 0.4) is 0 Å². The molecule has 0 aliphatic carbocycles. The molecule has 3 aromatic rings. The van der Waals surface area contributed by atoms with E-state index in [0.717, 1.165) is 52.3 Å². The van der Waals surface area contributed by atoms with E-state index < -0.39 is 0 Å². The number of carbonyl (C=O) groups is 1. The number of ether oxygens (including phenoxy) is 1. The molecule has 28 heavy (non-hydrogen) atoms. The van der Waals surface area contributed by atoms with Gasteiger partial charge in [-0.25, -0.2) is 4.98 Å². The maximum absolute atomic E-state index is 13.5. The normalized spacial score (nSPS) is 16.6. The van der Waals surface area contributed by atoms with Crippen LogP contribution in [0.4, 0.5) is 5.13 Å².